The summed E-state index contributed by atoms with van der Waals surface area (Å²) in [5.74, 6) is 0.0849. The molecule has 0 spiro atoms. The van der Waals surface area contributed by atoms with Gasteiger partial charge < -0.3 is 9.84 Å². The first-order valence-electron chi connectivity index (χ1n) is 3.50. The maximum atomic E-state index is 9.06. The molecule has 0 aliphatic heterocycles. The van der Waals surface area contributed by atoms with Crippen molar-refractivity contribution in [2.24, 2.45) is 0 Å². The molecule has 0 bridgehead atoms. The quantitative estimate of drug-likeness (QED) is 0.507. The first-order valence-corrected chi connectivity index (χ1v) is 7.08. The van der Waals surface area contributed by atoms with Crippen molar-refractivity contribution in [3.8, 4) is 0 Å². The molecule has 0 amide bonds. The molecule has 3 heteroatoms. The Morgan fingerprint density at radius 3 is 2.30 bits per heavy atom. The minimum Gasteiger partial charge on any atom is -0.481 e. The van der Waals surface area contributed by atoms with Gasteiger partial charge in [-0.3, -0.25) is 0 Å². The van der Waals surface area contributed by atoms with E-state index in [2.05, 4.69) is 19.6 Å². The zero-order chi connectivity index (χ0) is 8.20. The average Bonchev–Trinajstić information content (AvgIpc) is 1.59. The molecular weight excluding hydrogens is 144 g/mol. The third kappa shape index (κ3) is 5.69. The van der Waals surface area contributed by atoms with Crippen molar-refractivity contribution in [2.75, 3.05) is 6.61 Å². The Bertz CT molecular complexity index is 124. The van der Waals surface area contributed by atoms with E-state index in [1.165, 1.54) is 0 Å². The second kappa shape index (κ2) is 3.66. The molecule has 0 unspecified atom stereocenters. The Morgan fingerprint density at radius 1 is 1.50 bits per heavy atom. The summed E-state index contributed by atoms with van der Waals surface area (Å²) >= 11 is 0. The van der Waals surface area contributed by atoms with Gasteiger partial charge in [-0.1, -0.05) is 19.6 Å². The molecule has 0 aliphatic rings. The lowest BCUT2D eigenvalue weighted by Crippen LogP contribution is -2.17. The Kier molecular flexibility index (Phi) is 3.50. The first kappa shape index (κ1) is 9.56. The fourth-order valence-electron chi connectivity index (χ4n) is 0.560. The molecule has 0 saturated carbocycles. The van der Waals surface area contributed by atoms with Crippen molar-refractivity contribution in [2.45, 2.75) is 26.6 Å². The Balaban J connectivity index is 3.90. The molecule has 0 rings (SSSR count). The molecule has 0 radical (unpaired) electrons. The van der Waals surface area contributed by atoms with Crippen LogP contribution in [0.25, 0.3) is 0 Å². The standard InChI is InChI=1S/C7H16O2Si/c1-5-9-7(8)6-10(2,3)4/h6,8H,5H2,1-4H3/b7-6+. The molecule has 60 valence electrons. The smallest absolute Gasteiger partial charge is 0.268 e. The van der Waals surface area contributed by atoms with E-state index < -0.39 is 8.07 Å². The monoisotopic (exact) mass is 160 g/mol. The van der Waals surface area contributed by atoms with Crippen LogP contribution in [0.2, 0.25) is 19.6 Å². The summed E-state index contributed by atoms with van der Waals surface area (Å²) < 4.78 is 4.87. The third-order valence-corrected chi connectivity index (χ3v) is 1.96. The molecule has 0 saturated heterocycles. The average molecular weight is 160 g/mol. The van der Waals surface area contributed by atoms with Crippen LogP contribution in [0.1, 0.15) is 6.92 Å². The second-order valence-corrected chi connectivity index (χ2v) is 8.30. The highest BCUT2D eigenvalue weighted by Crippen LogP contribution is 2.05. The summed E-state index contributed by atoms with van der Waals surface area (Å²) in [7, 11) is -1.29. The predicted molar refractivity (Wildman–Crippen MR) is 45.7 cm³/mol. The molecule has 0 atom stereocenters. The van der Waals surface area contributed by atoms with Gasteiger partial charge in [0.15, 0.2) is 0 Å². The van der Waals surface area contributed by atoms with Crippen LogP contribution in [0.5, 0.6) is 0 Å². The number of aliphatic hydroxyl groups is 1. The van der Waals surface area contributed by atoms with Crippen LogP contribution in [0.3, 0.4) is 0 Å². The zero-order valence-electron chi connectivity index (χ0n) is 7.14. The summed E-state index contributed by atoms with van der Waals surface area (Å²) in [6, 6.07) is 0. The largest absolute Gasteiger partial charge is 0.481 e. The van der Waals surface area contributed by atoms with Crippen LogP contribution in [-0.2, 0) is 4.74 Å². The highest BCUT2D eigenvalue weighted by molar-refractivity contribution is 6.81. The fourth-order valence-corrected chi connectivity index (χ4v) is 1.38. The second-order valence-electron chi connectivity index (χ2n) is 3.28. The van der Waals surface area contributed by atoms with Gasteiger partial charge in [0.25, 0.3) is 5.95 Å². The van der Waals surface area contributed by atoms with Gasteiger partial charge in [0.05, 0.1) is 14.7 Å². The van der Waals surface area contributed by atoms with Gasteiger partial charge in [0.2, 0.25) is 0 Å². The van der Waals surface area contributed by atoms with E-state index in [1.807, 2.05) is 12.6 Å². The number of ether oxygens (including phenoxy) is 1. The van der Waals surface area contributed by atoms with Crippen molar-refractivity contribution >= 4 is 8.07 Å². The summed E-state index contributed by atoms with van der Waals surface area (Å²) in [5.41, 5.74) is 1.83. The highest BCUT2D eigenvalue weighted by Gasteiger charge is 2.10. The minimum atomic E-state index is -1.29. The third-order valence-electron chi connectivity index (χ3n) is 0.849. The van der Waals surface area contributed by atoms with Crippen LogP contribution >= 0.6 is 0 Å². The van der Waals surface area contributed by atoms with Gasteiger partial charge in [-0.25, -0.2) is 0 Å². The Morgan fingerprint density at radius 2 is 2.00 bits per heavy atom. The summed E-state index contributed by atoms with van der Waals surface area (Å²) in [4.78, 5) is 0. The number of hydrogen-bond donors (Lipinski definition) is 1. The van der Waals surface area contributed by atoms with Crippen LogP contribution in [-0.4, -0.2) is 19.8 Å². The summed E-state index contributed by atoms with van der Waals surface area (Å²) in [5, 5.41) is 9.06. The van der Waals surface area contributed by atoms with Crippen molar-refractivity contribution in [3.63, 3.8) is 0 Å². The molecule has 0 aliphatic carbocycles. The van der Waals surface area contributed by atoms with Crippen molar-refractivity contribution in [1.82, 2.24) is 0 Å². The molecule has 0 heterocycles. The van der Waals surface area contributed by atoms with E-state index in [4.69, 9.17) is 9.84 Å². The SMILES string of the molecule is CCO/C(O)=C/[Si](C)(C)C. The van der Waals surface area contributed by atoms with Crippen molar-refractivity contribution < 1.29 is 9.84 Å². The number of hydrogen-bond acceptors (Lipinski definition) is 2. The van der Waals surface area contributed by atoms with Crippen LogP contribution in [0.4, 0.5) is 0 Å². The maximum Gasteiger partial charge on any atom is 0.268 e. The van der Waals surface area contributed by atoms with E-state index in [0.29, 0.717) is 6.61 Å². The highest BCUT2D eigenvalue weighted by atomic mass is 28.3. The fraction of sp³-hybridized carbons (Fsp3) is 0.714. The van der Waals surface area contributed by atoms with Crippen LogP contribution in [0, 0.1) is 0 Å². The summed E-state index contributed by atoms with van der Waals surface area (Å²) in [6.07, 6.45) is 0. The van der Waals surface area contributed by atoms with E-state index in [0.717, 1.165) is 0 Å². The van der Waals surface area contributed by atoms with E-state index in [1.54, 1.807) is 0 Å². The lowest BCUT2D eigenvalue weighted by molar-refractivity contribution is 0.103. The molecule has 0 fully saturated rings. The van der Waals surface area contributed by atoms with Crippen molar-refractivity contribution in [1.29, 1.82) is 0 Å². The molecule has 0 aromatic heterocycles. The van der Waals surface area contributed by atoms with Gasteiger partial charge in [0.1, 0.15) is 0 Å². The molecule has 10 heavy (non-hydrogen) atoms. The normalized spacial score (nSPS) is 13.4. The lowest BCUT2D eigenvalue weighted by atomic mass is 10.8. The number of aliphatic hydroxyl groups excluding tert-OH is 1. The molecule has 0 aromatic carbocycles. The zero-order valence-corrected chi connectivity index (χ0v) is 8.14. The van der Waals surface area contributed by atoms with Gasteiger partial charge >= 0.3 is 0 Å². The maximum absolute atomic E-state index is 9.06. The van der Waals surface area contributed by atoms with Gasteiger partial charge in [-0.2, -0.15) is 0 Å². The van der Waals surface area contributed by atoms with E-state index >= 15 is 0 Å². The van der Waals surface area contributed by atoms with Gasteiger partial charge in [-0.15, -0.1) is 0 Å². The minimum absolute atomic E-state index is 0.0849. The van der Waals surface area contributed by atoms with Crippen LogP contribution < -0.4 is 0 Å². The number of rotatable bonds is 3. The van der Waals surface area contributed by atoms with Crippen molar-refractivity contribution in [3.05, 3.63) is 11.6 Å². The van der Waals surface area contributed by atoms with Gasteiger partial charge in [0, 0.05) is 0 Å². The predicted octanol–water partition coefficient (Wildman–Crippen LogP) is 2.30. The Labute approximate surface area is 63.5 Å². The lowest BCUT2D eigenvalue weighted by Gasteiger charge is -2.09. The molecule has 2 nitrogen and oxygen atoms in total. The topological polar surface area (TPSA) is 29.5 Å². The van der Waals surface area contributed by atoms with E-state index in [-0.39, 0.29) is 5.95 Å². The first-order chi connectivity index (χ1) is 4.45. The molecular formula is C7H16O2Si. The molecule has 0 aromatic rings. The van der Waals surface area contributed by atoms with E-state index in [9.17, 15) is 0 Å². The summed E-state index contributed by atoms with van der Waals surface area (Å²) in [6.45, 7) is 8.81. The Hall–Kier alpha value is -0.443. The van der Waals surface area contributed by atoms with Crippen LogP contribution in [0.15, 0.2) is 11.6 Å². The molecule has 1 N–H and O–H groups in total. The van der Waals surface area contributed by atoms with Gasteiger partial charge in [-0.05, 0) is 12.6 Å².